The van der Waals surface area contributed by atoms with Gasteiger partial charge in [0.25, 0.3) is 5.91 Å². The van der Waals surface area contributed by atoms with Crippen molar-refractivity contribution in [3.05, 3.63) is 107 Å². The van der Waals surface area contributed by atoms with Gasteiger partial charge in [0.15, 0.2) is 5.60 Å². The van der Waals surface area contributed by atoms with Crippen molar-refractivity contribution in [2.45, 2.75) is 83.0 Å². The first-order chi connectivity index (χ1) is 23.1. The largest absolute Gasteiger partial charge is 0.390 e. The third kappa shape index (κ3) is 5.61. The summed E-state index contributed by atoms with van der Waals surface area (Å²) in [7, 11) is 0. The van der Waals surface area contributed by atoms with E-state index < -0.39 is 23.4 Å². The van der Waals surface area contributed by atoms with E-state index in [1.54, 1.807) is 29.6 Å². The maximum Gasteiger partial charge on any atom is 0.264 e. The monoisotopic (exact) mass is 649 g/mol. The Morgan fingerprint density at radius 1 is 1.00 bits per heavy atom. The molecule has 250 valence electrons. The number of amides is 2. The molecule has 48 heavy (non-hydrogen) atoms. The third-order valence-electron chi connectivity index (χ3n) is 10.4. The molecule has 3 aliphatic heterocycles. The highest BCUT2D eigenvalue weighted by atomic mass is 16.5. The van der Waals surface area contributed by atoms with Gasteiger partial charge < -0.3 is 24.7 Å². The summed E-state index contributed by atoms with van der Waals surface area (Å²) in [5.41, 5.74) is 2.23. The third-order valence-corrected chi connectivity index (χ3v) is 10.4. The van der Waals surface area contributed by atoms with Crippen LogP contribution in [0, 0.1) is 11.8 Å². The highest BCUT2D eigenvalue weighted by Gasteiger charge is 2.65. The smallest absolute Gasteiger partial charge is 0.264 e. The van der Waals surface area contributed by atoms with E-state index in [0.29, 0.717) is 31.6 Å². The fraction of sp³-hybridized carbons (Fsp3) is 0.421. The maximum absolute atomic E-state index is 14.7. The topological polar surface area (TPSA) is 121 Å². The molecule has 1 aromatic heterocycles. The number of hydrogen-bond donors (Lipinski definition) is 2. The molecule has 10 heteroatoms. The number of anilines is 2. The number of carbonyl (C=O) groups is 2. The Morgan fingerprint density at radius 3 is 2.46 bits per heavy atom. The van der Waals surface area contributed by atoms with Crippen molar-refractivity contribution in [1.82, 2.24) is 15.0 Å². The number of hydrogen-bond acceptors (Lipinski definition) is 7. The fourth-order valence-corrected chi connectivity index (χ4v) is 8.11. The molecule has 5 atom stereocenters. The van der Waals surface area contributed by atoms with E-state index in [4.69, 9.17) is 4.74 Å². The Labute approximate surface area is 280 Å². The van der Waals surface area contributed by atoms with Crippen LogP contribution in [0.1, 0.15) is 74.9 Å². The summed E-state index contributed by atoms with van der Waals surface area (Å²) in [5, 5.41) is 30.8. The summed E-state index contributed by atoms with van der Waals surface area (Å²) in [5.74, 6) is -0.678. The van der Waals surface area contributed by atoms with Crippen molar-refractivity contribution in [2.75, 3.05) is 16.3 Å². The number of rotatable bonds is 9. The van der Waals surface area contributed by atoms with Gasteiger partial charge in [-0.3, -0.25) is 14.3 Å². The Morgan fingerprint density at radius 2 is 1.73 bits per heavy atom. The van der Waals surface area contributed by atoms with Crippen molar-refractivity contribution in [3.63, 3.8) is 0 Å². The average Bonchev–Trinajstić information content (AvgIpc) is 3.75. The van der Waals surface area contributed by atoms with Crippen molar-refractivity contribution in [3.8, 4) is 0 Å². The molecular weight excluding hydrogens is 606 g/mol. The molecule has 7 rings (SSSR count). The van der Waals surface area contributed by atoms with Crippen LogP contribution < -0.4 is 9.80 Å². The minimum atomic E-state index is -1.26. The van der Waals surface area contributed by atoms with Gasteiger partial charge >= 0.3 is 0 Å². The number of para-hydroxylation sites is 1. The Hall–Kier alpha value is -4.38. The SMILES string of the molecule is C[C@H]1[C@H](C(C)(C)O)[C@@H](CCn2cc([C@H](O)c3ccccc3)nn2)O[C@]12C(=O)N(Cc1ccc(N3CCCCC3=O)cc1)c1ccccc12. The first-order valence-corrected chi connectivity index (χ1v) is 16.9. The highest BCUT2D eigenvalue weighted by Crippen LogP contribution is 2.58. The summed E-state index contributed by atoms with van der Waals surface area (Å²) in [6.45, 7) is 7.08. The van der Waals surface area contributed by atoms with Crippen LogP contribution >= 0.6 is 0 Å². The van der Waals surface area contributed by atoms with Crippen LogP contribution in [0.15, 0.2) is 85.1 Å². The van der Waals surface area contributed by atoms with E-state index in [2.05, 4.69) is 10.3 Å². The minimum Gasteiger partial charge on any atom is -0.390 e. The number of aliphatic hydroxyl groups is 2. The van der Waals surface area contributed by atoms with Crippen LogP contribution in [0.4, 0.5) is 11.4 Å². The number of piperidine rings is 1. The molecule has 2 amide bonds. The van der Waals surface area contributed by atoms with Gasteiger partial charge in [0.1, 0.15) is 11.8 Å². The van der Waals surface area contributed by atoms with Gasteiger partial charge in [0, 0.05) is 42.6 Å². The van der Waals surface area contributed by atoms with Crippen LogP contribution in [-0.2, 0) is 33.0 Å². The van der Waals surface area contributed by atoms with Crippen LogP contribution in [0.2, 0.25) is 0 Å². The zero-order valence-corrected chi connectivity index (χ0v) is 27.7. The molecule has 3 aliphatic rings. The minimum absolute atomic E-state index is 0.141. The van der Waals surface area contributed by atoms with E-state index in [-0.39, 0.29) is 23.7 Å². The molecule has 1 spiro atoms. The second kappa shape index (κ2) is 12.6. The highest BCUT2D eigenvalue weighted by molar-refractivity contribution is 6.07. The molecule has 2 saturated heterocycles. The van der Waals surface area contributed by atoms with Crippen molar-refractivity contribution < 1.29 is 24.5 Å². The molecule has 0 radical (unpaired) electrons. The van der Waals surface area contributed by atoms with Gasteiger partial charge in [-0.2, -0.15) is 0 Å². The van der Waals surface area contributed by atoms with Crippen molar-refractivity contribution >= 4 is 23.2 Å². The quantitative estimate of drug-likeness (QED) is 0.258. The number of ether oxygens (including phenoxy) is 1. The molecule has 0 saturated carbocycles. The Kier molecular flexibility index (Phi) is 8.43. The Balaban J connectivity index is 1.13. The predicted octanol–water partition coefficient (Wildman–Crippen LogP) is 5.13. The number of nitrogens with zero attached hydrogens (tertiary/aromatic N) is 5. The van der Waals surface area contributed by atoms with Gasteiger partial charge in [-0.15, -0.1) is 5.10 Å². The second-order valence-electron chi connectivity index (χ2n) is 13.9. The standard InChI is InChI=1S/C38H43N5O5/c1-25-34(37(2,3)47)32(20-22-41-24-30(39-40-41)35(45)27-11-5-4-6-12-27)48-38(25)29-13-7-8-14-31(29)43(36(38)46)23-26-16-18-28(19-17-26)42-21-10-9-15-33(42)44/h4-8,11-14,16-19,24-25,32,34-35,45,47H,9-10,15,20-23H2,1-3H3/t25-,32+,34-,35+,38+/m0/s1. The van der Waals surface area contributed by atoms with Gasteiger partial charge in [-0.25, -0.2) is 0 Å². The number of aryl methyl sites for hydroxylation is 1. The van der Waals surface area contributed by atoms with E-state index in [0.717, 1.165) is 47.5 Å². The van der Waals surface area contributed by atoms with E-state index in [9.17, 15) is 19.8 Å². The summed E-state index contributed by atoms with van der Waals surface area (Å²) < 4.78 is 8.60. The number of aromatic nitrogens is 3. The number of benzene rings is 3. The summed E-state index contributed by atoms with van der Waals surface area (Å²) >= 11 is 0. The molecule has 10 nitrogen and oxygen atoms in total. The fourth-order valence-electron chi connectivity index (χ4n) is 8.11. The average molecular weight is 650 g/mol. The zero-order valence-electron chi connectivity index (χ0n) is 27.7. The zero-order chi connectivity index (χ0) is 33.6. The lowest BCUT2D eigenvalue weighted by molar-refractivity contribution is -0.146. The van der Waals surface area contributed by atoms with Gasteiger partial charge in [0.05, 0.1) is 30.1 Å². The van der Waals surface area contributed by atoms with Crippen molar-refractivity contribution in [1.29, 1.82) is 0 Å². The van der Waals surface area contributed by atoms with Crippen LogP contribution in [0.25, 0.3) is 0 Å². The van der Waals surface area contributed by atoms with Gasteiger partial charge in [-0.1, -0.05) is 72.8 Å². The molecule has 3 aromatic carbocycles. The normalized spacial score (nSPS) is 24.8. The molecule has 2 fully saturated rings. The molecule has 4 aromatic rings. The first-order valence-electron chi connectivity index (χ1n) is 16.9. The maximum atomic E-state index is 14.7. The van der Waals surface area contributed by atoms with Crippen molar-refractivity contribution in [2.24, 2.45) is 11.8 Å². The summed E-state index contributed by atoms with van der Waals surface area (Å²) in [4.78, 5) is 30.8. The second-order valence-corrected chi connectivity index (χ2v) is 13.9. The number of carbonyl (C=O) groups excluding carboxylic acids is 2. The molecular formula is C38H43N5O5. The number of fused-ring (bicyclic) bond motifs is 2. The predicted molar refractivity (Wildman–Crippen MR) is 181 cm³/mol. The lowest BCUT2D eigenvalue weighted by Crippen LogP contribution is -2.46. The lowest BCUT2D eigenvalue weighted by Gasteiger charge is -2.34. The van der Waals surface area contributed by atoms with E-state index in [1.807, 2.05) is 90.7 Å². The molecule has 4 heterocycles. The van der Waals surface area contributed by atoms with Crippen LogP contribution in [0.3, 0.4) is 0 Å². The molecule has 0 bridgehead atoms. The lowest BCUT2D eigenvalue weighted by atomic mass is 9.71. The first kappa shape index (κ1) is 32.2. The van der Waals surface area contributed by atoms with E-state index >= 15 is 0 Å². The van der Waals surface area contributed by atoms with Crippen LogP contribution in [-0.4, -0.2) is 55.3 Å². The molecule has 0 aliphatic carbocycles. The molecule has 0 unspecified atom stereocenters. The Bertz CT molecular complexity index is 1780. The summed E-state index contributed by atoms with van der Waals surface area (Å²) in [6, 6.07) is 25.0. The van der Waals surface area contributed by atoms with Gasteiger partial charge in [0.2, 0.25) is 5.91 Å². The van der Waals surface area contributed by atoms with Gasteiger partial charge in [-0.05, 0) is 62.4 Å². The summed E-state index contributed by atoms with van der Waals surface area (Å²) in [6.07, 6.45) is 3.37. The molecule has 2 N–H and O–H groups in total. The van der Waals surface area contributed by atoms with E-state index in [1.165, 1.54) is 0 Å². The van der Waals surface area contributed by atoms with Crippen LogP contribution in [0.5, 0.6) is 0 Å². The number of aliphatic hydroxyl groups excluding tert-OH is 1.